The molecule has 0 aromatic heterocycles. The van der Waals surface area contributed by atoms with Gasteiger partial charge in [-0.25, -0.2) is 5.43 Å². The Morgan fingerprint density at radius 2 is 1.75 bits per heavy atom. The lowest BCUT2D eigenvalue weighted by Crippen LogP contribution is -2.38. The summed E-state index contributed by atoms with van der Waals surface area (Å²) in [6.45, 7) is 1.94. The predicted octanol–water partition coefficient (Wildman–Crippen LogP) is 3.97. The normalized spacial score (nSPS) is 13.8. The van der Waals surface area contributed by atoms with E-state index in [4.69, 9.17) is 33.8 Å². The van der Waals surface area contributed by atoms with Crippen LogP contribution in [0.1, 0.15) is 18.5 Å². The Hall–Kier alpha value is -1.26. The number of benzene rings is 2. The van der Waals surface area contributed by atoms with E-state index in [2.05, 4.69) is 5.43 Å². The SMILES string of the molecule is CC(Oc1cccc(Cl)c1)C(NN)c1ccc(Cl)cc1. The second kappa shape index (κ2) is 6.95. The molecule has 20 heavy (non-hydrogen) atoms. The second-order valence-corrected chi connectivity index (χ2v) is 5.35. The van der Waals surface area contributed by atoms with Gasteiger partial charge in [0.25, 0.3) is 0 Å². The lowest BCUT2D eigenvalue weighted by molar-refractivity contribution is 0.171. The Labute approximate surface area is 128 Å². The highest BCUT2D eigenvalue weighted by Crippen LogP contribution is 2.24. The molecule has 0 heterocycles. The van der Waals surface area contributed by atoms with E-state index in [1.165, 1.54) is 0 Å². The van der Waals surface area contributed by atoms with Gasteiger partial charge in [-0.3, -0.25) is 5.84 Å². The molecular weight excluding hydrogens is 295 g/mol. The van der Waals surface area contributed by atoms with Gasteiger partial charge < -0.3 is 4.74 Å². The van der Waals surface area contributed by atoms with Gasteiger partial charge in [-0.2, -0.15) is 0 Å². The molecule has 0 saturated carbocycles. The van der Waals surface area contributed by atoms with Crippen LogP contribution in [0.25, 0.3) is 0 Å². The zero-order chi connectivity index (χ0) is 14.5. The minimum Gasteiger partial charge on any atom is -0.489 e. The van der Waals surface area contributed by atoms with Gasteiger partial charge in [0.15, 0.2) is 0 Å². The van der Waals surface area contributed by atoms with Gasteiger partial charge in [-0.05, 0) is 42.8 Å². The zero-order valence-electron chi connectivity index (χ0n) is 11.0. The molecule has 0 aliphatic rings. The molecule has 0 amide bonds. The zero-order valence-corrected chi connectivity index (χ0v) is 12.5. The molecule has 106 valence electrons. The second-order valence-electron chi connectivity index (χ2n) is 4.48. The summed E-state index contributed by atoms with van der Waals surface area (Å²) < 4.78 is 5.87. The van der Waals surface area contributed by atoms with Crippen molar-refractivity contribution in [1.82, 2.24) is 5.43 Å². The maximum atomic E-state index is 5.94. The van der Waals surface area contributed by atoms with Crippen molar-refractivity contribution in [2.75, 3.05) is 0 Å². The monoisotopic (exact) mass is 310 g/mol. The lowest BCUT2D eigenvalue weighted by Gasteiger charge is -2.24. The molecule has 5 heteroatoms. The number of halogens is 2. The van der Waals surface area contributed by atoms with E-state index in [1.54, 1.807) is 12.1 Å². The van der Waals surface area contributed by atoms with Crippen molar-refractivity contribution >= 4 is 23.2 Å². The summed E-state index contributed by atoms with van der Waals surface area (Å²) in [5.74, 6) is 6.35. The Kier molecular flexibility index (Phi) is 5.26. The van der Waals surface area contributed by atoms with Gasteiger partial charge >= 0.3 is 0 Å². The maximum absolute atomic E-state index is 5.94. The van der Waals surface area contributed by atoms with Crippen LogP contribution in [0.2, 0.25) is 10.0 Å². The van der Waals surface area contributed by atoms with E-state index >= 15 is 0 Å². The van der Waals surface area contributed by atoms with Crippen LogP contribution < -0.4 is 16.0 Å². The molecule has 0 radical (unpaired) electrons. The molecule has 3 N–H and O–H groups in total. The van der Waals surface area contributed by atoms with Crippen molar-refractivity contribution in [2.24, 2.45) is 5.84 Å². The van der Waals surface area contributed by atoms with E-state index in [0.29, 0.717) is 15.8 Å². The Morgan fingerprint density at radius 3 is 2.35 bits per heavy atom. The van der Waals surface area contributed by atoms with E-state index < -0.39 is 0 Å². The molecule has 0 spiro atoms. The number of nitrogens with two attached hydrogens (primary N) is 1. The number of rotatable bonds is 5. The van der Waals surface area contributed by atoms with E-state index in [1.807, 2.05) is 43.3 Å². The van der Waals surface area contributed by atoms with Gasteiger partial charge in [0.1, 0.15) is 11.9 Å². The first-order chi connectivity index (χ1) is 9.60. The number of ether oxygens (including phenoxy) is 1. The Balaban J connectivity index is 2.13. The van der Waals surface area contributed by atoms with Gasteiger partial charge in [-0.1, -0.05) is 41.4 Å². The van der Waals surface area contributed by atoms with Gasteiger partial charge in [0.05, 0.1) is 6.04 Å². The summed E-state index contributed by atoms with van der Waals surface area (Å²) >= 11 is 11.8. The summed E-state index contributed by atoms with van der Waals surface area (Å²) in [6, 6.07) is 14.6. The molecule has 2 atom stereocenters. The van der Waals surface area contributed by atoms with Crippen molar-refractivity contribution in [1.29, 1.82) is 0 Å². The molecule has 0 fully saturated rings. The molecule has 0 aliphatic carbocycles. The molecule has 0 aliphatic heterocycles. The minimum absolute atomic E-state index is 0.147. The molecule has 2 unspecified atom stereocenters. The topological polar surface area (TPSA) is 47.3 Å². The van der Waals surface area contributed by atoms with Crippen molar-refractivity contribution < 1.29 is 4.74 Å². The number of hydrogen-bond donors (Lipinski definition) is 2. The third-order valence-corrected chi connectivity index (χ3v) is 3.48. The lowest BCUT2D eigenvalue weighted by atomic mass is 10.0. The quantitative estimate of drug-likeness (QED) is 0.649. The molecule has 2 aromatic rings. The van der Waals surface area contributed by atoms with Crippen LogP contribution in [0.4, 0.5) is 0 Å². The fourth-order valence-corrected chi connectivity index (χ4v) is 2.30. The van der Waals surface area contributed by atoms with E-state index in [0.717, 1.165) is 5.56 Å². The van der Waals surface area contributed by atoms with Crippen molar-refractivity contribution in [3.05, 3.63) is 64.1 Å². The first kappa shape index (κ1) is 15.1. The highest BCUT2D eigenvalue weighted by Gasteiger charge is 2.19. The van der Waals surface area contributed by atoms with Crippen LogP contribution >= 0.6 is 23.2 Å². The Bertz CT molecular complexity index is 560. The standard InChI is InChI=1S/C15H16Cl2N2O/c1-10(20-14-4-2-3-13(17)9-14)15(19-18)11-5-7-12(16)8-6-11/h2-10,15,19H,18H2,1H3. The molecule has 3 nitrogen and oxygen atoms in total. The van der Waals surface area contributed by atoms with Gasteiger partial charge in [0.2, 0.25) is 0 Å². The fourth-order valence-electron chi connectivity index (χ4n) is 2.00. The predicted molar refractivity (Wildman–Crippen MR) is 83.1 cm³/mol. The summed E-state index contributed by atoms with van der Waals surface area (Å²) in [4.78, 5) is 0. The smallest absolute Gasteiger partial charge is 0.121 e. The fraction of sp³-hybridized carbons (Fsp3) is 0.200. The number of hydrazine groups is 1. The van der Waals surface area contributed by atoms with Crippen LogP contribution in [-0.2, 0) is 0 Å². The largest absolute Gasteiger partial charge is 0.489 e. The summed E-state index contributed by atoms with van der Waals surface area (Å²) in [6.07, 6.45) is -0.167. The average molecular weight is 311 g/mol. The molecule has 2 rings (SSSR count). The molecule has 2 aromatic carbocycles. The van der Waals surface area contributed by atoms with Crippen molar-refractivity contribution in [3.8, 4) is 5.75 Å². The van der Waals surface area contributed by atoms with Gasteiger partial charge in [-0.15, -0.1) is 0 Å². The van der Waals surface area contributed by atoms with E-state index in [9.17, 15) is 0 Å². The van der Waals surface area contributed by atoms with Crippen molar-refractivity contribution in [2.45, 2.75) is 19.1 Å². The number of hydrogen-bond acceptors (Lipinski definition) is 3. The first-order valence-corrected chi connectivity index (χ1v) is 6.99. The summed E-state index contributed by atoms with van der Waals surface area (Å²) in [7, 11) is 0. The summed E-state index contributed by atoms with van der Waals surface area (Å²) in [5, 5.41) is 1.33. The number of nitrogens with one attached hydrogen (secondary N) is 1. The first-order valence-electron chi connectivity index (χ1n) is 6.24. The van der Waals surface area contributed by atoms with Gasteiger partial charge in [0, 0.05) is 10.0 Å². The van der Waals surface area contributed by atoms with Crippen LogP contribution in [0.3, 0.4) is 0 Å². The van der Waals surface area contributed by atoms with E-state index in [-0.39, 0.29) is 12.1 Å². The minimum atomic E-state index is -0.167. The van der Waals surface area contributed by atoms with Crippen LogP contribution in [0.5, 0.6) is 5.75 Å². The highest BCUT2D eigenvalue weighted by molar-refractivity contribution is 6.30. The van der Waals surface area contributed by atoms with Crippen LogP contribution in [-0.4, -0.2) is 6.10 Å². The maximum Gasteiger partial charge on any atom is 0.121 e. The van der Waals surface area contributed by atoms with Crippen LogP contribution in [0, 0.1) is 0 Å². The third kappa shape index (κ3) is 3.87. The third-order valence-electron chi connectivity index (χ3n) is 3.00. The summed E-state index contributed by atoms with van der Waals surface area (Å²) in [5.41, 5.74) is 3.78. The van der Waals surface area contributed by atoms with Crippen molar-refractivity contribution in [3.63, 3.8) is 0 Å². The highest BCUT2D eigenvalue weighted by atomic mass is 35.5. The Morgan fingerprint density at radius 1 is 1.05 bits per heavy atom. The molecule has 0 bridgehead atoms. The van der Waals surface area contributed by atoms with Crippen LogP contribution in [0.15, 0.2) is 48.5 Å². The molecular formula is C15H16Cl2N2O. The average Bonchev–Trinajstić information content (AvgIpc) is 2.42. The molecule has 0 saturated heterocycles.